The predicted octanol–water partition coefficient (Wildman–Crippen LogP) is 3.23. The lowest BCUT2D eigenvalue weighted by molar-refractivity contribution is -0.147. The van der Waals surface area contributed by atoms with Gasteiger partial charge in [-0.3, -0.25) is 9.59 Å². The number of rotatable bonds is 9. The molecule has 3 aromatic carbocycles. The van der Waals surface area contributed by atoms with Gasteiger partial charge in [0.1, 0.15) is 19.3 Å². The molecule has 198 valence electrons. The summed E-state index contributed by atoms with van der Waals surface area (Å²) in [6.07, 6.45) is -1.35. The Kier molecular flexibility index (Phi) is 8.93. The van der Waals surface area contributed by atoms with Gasteiger partial charge in [0.05, 0.1) is 13.0 Å². The van der Waals surface area contributed by atoms with Crippen molar-refractivity contribution in [3.05, 3.63) is 95.6 Å². The summed E-state index contributed by atoms with van der Waals surface area (Å²) in [5.74, 6) is 1.16. The summed E-state index contributed by atoms with van der Waals surface area (Å²) in [4.78, 5) is 48.5. The minimum absolute atomic E-state index is 0.00302. The van der Waals surface area contributed by atoms with Crippen LogP contribution >= 0.6 is 0 Å². The lowest BCUT2D eigenvalue weighted by Crippen LogP contribution is -2.48. The second kappa shape index (κ2) is 12.9. The van der Waals surface area contributed by atoms with Crippen LogP contribution in [0, 0.1) is 11.8 Å². The highest BCUT2D eigenvalue weighted by molar-refractivity contribution is 5.90. The number of hydrogen-bond donors (Lipinski definition) is 3. The van der Waals surface area contributed by atoms with Gasteiger partial charge in [0.2, 0.25) is 5.91 Å². The first kappa shape index (κ1) is 26.9. The molecule has 9 heteroatoms. The first-order valence-corrected chi connectivity index (χ1v) is 12.2. The number of carbonyl (C=O) groups is 4. The summed E-state index contributed by atoms with van der Waals surface area (Å²) in [7, 11) is 0. The number of benzene rings is 3. The highest BCUT2D eigenvalue weighted by atomic mass is 16.5. The molecule has 39 heavy (non-hydrogen) atoms. The average molecular weight is 527 g/mol. The maximum Gasteiger partial charge on any atom is 0.407 e. The maximum atomic E-state index is 12.7. The van der Waals surface area contributed by atoms with E-state index >= 15 is 0 Å². The van der Waals surface area contributed by atoms with E-state index < -0.39 is 36.4 Å². The molecule has 3 N–H and O–H groups in total. The SMILES string of the molecule is O=C(O)C#CCNC(=O)[C@H](CC(=O)OCc1ccccc1)NC(=O)OCC1c2ccccc2-c2ccccc21. The van der Waals surface area contributed by atoms with E-state index in [1.807, 2.05) is 60.5 Å². The molecule has 1 aliphatic rings. The largest absolute Gasteiger partial charge is 0.472 e. The molecule has 0 bridgehead atoms. The van der Waals surface area contributed by atoms with Gasteiger partial charge < -0.3 is 25.2 Å². The molecular formula is C30H26N2O7. The van der Waals surface area contributed by atoms with Crippen molar-refractivity contribution in [2.45, 2.75) is 25.0 Å². The summed E-state index contributed by atoms with van der Waals surface area (Å²) in [5, 5.41) is 13.5. The Hall–Kier alpha value is -5.10. The van der Waals surface area contributed by atoms with Crippen molar-refractivity contribution < 1.29 is 33.8 Å². The molecule has 0 spiro atoms. The van der Waals surface area contributed by atoms with Crippen molar-refractivity contribution in [3.63, 3.8) is 0 Å². The third-order valence-electron chi connectivity index (χ3n) is 6.11. The maximum absolute atomic E-state index is 12.7. The number of fused-ring (bicyclic) bond motifs is 3. The van der Waals surface area contributed by atoms with Crippen LogP contribution < -0.4 is 10.6 Å². The average Bonchev–Trinajstić information content (AvgIpc) is 3.26. The van der Waals surface area contributed by atoms with Crippen molar-refractivity contribution >= 4 is 23.9 Å². The second-order valence-corrected chi connectivity index (χ2v) is 8.70. The Morgan fingerprint density at radius 3 is 2.10 bits per heavy atom. The lowest BCUT2D eigenvalue weighted by Gasteiger charge is -2.19. The van der Waals surface area contributed by atoms with Crippen LogP contribution in [0.4, 0.5) is 4.79 Å². The fourth-order valence-electron chi connectivity index (χ4n) is 4.33. The van der Waals surface area contributed by atoms with Crippen molar-refractivity contribution in [1.82, 2.24) is 10.6 Å². The highest BCUT2D eigenvalue weighted by Crippen LogP contribution is 2.44. The number of nitrogens with one attached hydrogen (secondary N) is 2. The lowest BCUT2D eigenvalue weighted by atomic mass is 9.98. The number of carboxylic acids is 1. The third-order valence-corrected chi connectivity index (χ3v) is 6.11. The molecule has 0 unspecified atom stereocenters. The number of aliphatic carboxylic acids is 1. The van der Waals surface area contributed by atoms with Crippen molar-refractivity contribution in [1.29, 1.82) is 0 Å². The van der Waals surface area contributed by atoms with Gasteiger partial charge >= 0.3 is 18.0 Å². The van der Waals surface area contributed by atoms with Crippen LogP contribution in [0.25, 0.3) is 11.1 Å². The number of alkyl carbamates (subject to hydrolysis) is 1. The van der Waals surface area contributed by atoms with Gasteiger partial charge in [0.15, 0.2) is 0 Å². The molecule has 0 saturated carbocycles. The Labute approximate surface area is 225 Å². The Morgan fingerprint density at radius 2 is 1.46 bits per heavy atom. The van der Waals surface area contributed by atoms with Gasteiger partial charge in [0.25, 0.3) is 0 Å². The molecule has 0 saturated heterocycles. The van der Waals surface area contributed by atoms with E-state index in [0.717, 1.165) is 27.8 Å². The third kappa shape index (κ3) is 7.23. The molecular weight excluding hydrogens is 500 g/mol. The monoisotopic (exact) mass is 526 g/mol. The first-order valence-electron chi connectivity index (χ1n) is 12.2. The number of carboxylic acid groups (broad SMARTS) is 1. The Bertz CT molecular complexity index is 1380. The smallest absolute Gasteiger partial charge is 0.407 e. The molecule has 2 amide bonds. The minimum atomic E-state index is -1.35. The number of hydrogen-bond acceptors (Lipinski definition) is 6. The molecule has 0 heterocycles. The normalized spacial score (nSPS) is 12.1. The molecule has 0 radical (unpaired) electrons. The van der Waals surface area contributed by atoms with E-state index in [2.05, 4.69) is 16.6 Å². The highest BCUT2D eigenvalue weighted by Gasteiger charge is 2.30. The number of carbonyl (C=O) groups excluding carboxylic acids is 3. The molecule has 0 fully saturated rings. The summed E-state index contributed by atoms with van der Waals surface area (Å²) in [6.45, 7) is -0.257. The zero-order chi connectivity index (χ0) is 27.6. The van der Waals surface area contributed by atoms with Gasteiger partial charge in [0, 0.05) is 11.8 Å². The molecule has 1 atom stereocenters. The molecule has 3 aromatic rings. The topological polar surface area (TPSA) is 131 Å². The number of ether oxygens (including phenoxy) is 2. The van der Waals surface area contributed by atoms with Crippen LogP contribution in [0.3, 0.4) is 0 Å². The van der Waals surface area contributed by atoms with Crippen LogP contribution in [0.1, 0.15) is 29.0 Å². The summed E-state index contributed by atoms with van der Waals surface area (Å²) in [5.41, 5.74) is 4.97. The minimum Gasteiger partial charge on any atom is -0.472 e. The number of amides is 2. The molecule has 4 rings (SSSR count). The molecule has 1 aliphatic carbocycles. The van der Waals surface area contributed by atoms with E-state index in [-0.39, 0.29) is 25.7 Å². The van der Waals surface area contributed by atoms with E-state index in [1.165, 1.54) is 0 Å². The van der Waals surface area contributed by atoms with Crippen molar-refractivity contribution in [2.75, 3.05) is 13.2 Å². The van der Waals surface area contributed by atoms with Gasteiger partial charge in [-0.15, -0.1) is 0 Å². The van der Waals surface area contributed by atoms with Crippen LogP contribution in [0.2, 0.25) is 0 Å². The zero-order valence-electron chi connectivity index (χ0n) is 20.9. The Morgan fingerprint density at radius 1 is 0.846 bits per heavy atom. The first-order chi connectivity index (χ1) is 18.9. The van der Waals surface area contributed by atoms with Gasteiger partial charge in [-0.2, -0.15) is 0 Å². The summed E-state index contributed by atoms with van der Waals surface area (Å²) in [6, 6.07) is 23.4. The van der Waals surface area contributed by atoms with E-state index in [4.69, 9.17) is 14.6 Å². The van der Waals surface area contributed by atoms with E-state index in [0.29, 0.717) is 0 Å². The van der Waals surface area contributed by atoms with E-state index in [9.17, 15) is 19.2 Å². The second-order valence-electron chi connectivity index (χ2n) is 8.70. The molecule has 9 nitrogen and oxygen atoms in total. The van der Waals surface area contributed by atoms with Gasteiger partial charge in [-0.25, -0.2) is 9.59 Å². The number of esters is 1. The summed E-state index contributed by atoms with van der Waals surface area (Å²) < 4.78 is 10.8. The van der Waals surface area contributed by atoms with Gasteiger partial charge in [-0.1, -0.05) is 84.8 Å². The van der Waals surface area contributed by atoms with Crippen LogP contribution in [-0.4, -0.2) is 48.2 Å². The molecule has 0 aliphatic heterocycles. The van der Waals surface area contributed by atoms with Gasteiger partial charge in [-0.05, 0) is 27.8 Å². The fourth-order valence-corrected chi connectivity index (χ4v) is 4.33. The van der Waals surface area contributed by atoms with Crippen molar-refractivity contribution in [2.24, 2.45) is 0 Å². The Balaban J connectivity index is 1.39. The molecule has 0 aromatic heterocycles. The van der Waals surface area contributed by atoms with Crippen LogP contribution in [-0.2, 0) is 30.5 Å². The van der Waals surface area contributed by atoms with Crippen LogP contribution in [0.5, 0.6) is 0 Å². The van der Waals surface area contributed by atoms with E-state index in [1.54, 1.807) is 24.3 Å². The predicted molar refractivity (Wildman–Crippen MR) is 141 cm³/mol. The standard InChI is InChI=1S/C30H26N2O7/c33-27(34)15-8-16-31-29(36)26(17-28(35)38-18-20-9-2-1-3-10-20)32-30(37)39-19-25-23-13-6-4-11-21(23)22-12-5-7-14-24(22)25/h1-7,9-14,25-26H,16-19H2,(H,31,36)(H,32,37)(H,33,34)/t26-/m0/s1. The van der Waals surface area contributed by atoms with Crippen molar-refractivity contribution in [3.8, 4) is 23.0 Å². The van der Waals surface area contributed by atoms with Crippen LogP contribution in [0.15, 0.2) is 78.9 Å². The zero-order valence-corrected chi connectivity index (χ0v) is 20.9. The fraction of sp³-hybridized carbons (Fsp3) is 0.200. The summed E-state index contributed by atoms with van der Waals surface area (Å²) >= 11 is 0. The quantitative estimate of drug-likeness (QED) is 0.288.